The van der Waals surface area contributed by atoms with Crippen LogP contribution < -0.4 is 25.8 Å². The quantitative estimate of drug-likeness (QED) is 0.511. The van der Waals surface area contributed by atoms with Crippen molar-refractivity contribution >= 4 is 35.2 Å². The third kappa shape index (κ3) is 4.72. The first-order valence-electron chi connectivity index (χ1n) is 10.9. The van der Waals surface area contributed by atoms with E-state index in [9.17, 15) is 14.4 Å². The number of anilines is 3. The van der Waals surface area contributed by atoms with Crippen molar-refractivity contribution in [1.82, 2.24) is 20.6 Å². The summed E-state index contributed by atoms with van der Waals surface area (Å²) in [5, 5.41) is 17.0. The van der Waals surface area contributed by atoms with Crippen molar-refractivity contribution in [3.05, 3.63) is 41.7 Å². The largest absolute Gasteiger partial charge is 0.395 e. The molecule has 2 aromatic heterocycles. The van der Waals surface area contributed by atoms with Crippen molar-refractivity contribution in [3.8, 4) is 0 Å². The Balaban J connectivity index is 1.59. The topological polar surface area (TPSA) is 140 Å². The first kappa shape index (κ1) is 22.5. The number of nitrogens with one attached hydrogen (secondary N) is 3. The average molecular weight is 454 g/mol. The zero-order chi connectivity index (χ0) is 23.5. The van der Waals surface area contributed by atoms with E-state index in [1.807, 2.05) is 19.9 Å². The van der Waals surface area contributed by atoms with Crippen LogP contribution in [0.4, 0.5) is 22.1 Å². The number of pyridine rings is 2. The molecule has 11 nitrogen and oxygen atoms in total. The second-order valence-electron chi connectivity index (χ2n) is 8.27. The van der Waals surface area contributed by atoms with Crippen molar-refractivity contribution in [2.45, 2.75) is 32.4 Å². The molecule has 1 unspecified atom stereocenters. The van der Waals surface area contributed by atoms with E-state index in [-0.39, 0.29) is 48.6 Å². The van der Waals surface area contributed by atoms with Crippen LogP contribution in [0.1, 0.15) is 41.1 Å². The van der Waals surface area contributed by atoms with Gasteiger partial charge in [-0.05, 0) is 44.5 Å². The molecule has 4 rings (SSSR count). The van der Waals surface area contributed by atoms with Gasteiger partial charge in [0.05, 0.1) is 18.3 Å². The Morgan fingerprint density at radius 1 is 1.21 bits per heavy atom. The highest BCUT2D eigenvalue weighted by molar-refractivity contribution is 6.05. The molecule has 11 heteroatoms. The normalized spacial score (nSPS) is 16.4. The molecule has 4 amide bonds. The van der Waals surface area contributed by atoms with Crippen LogP contribution in [0.3, 0.4) is 0 Å². The van der Waals surface area contributed by atoms with Crippen LogP contribution in [0, 0.1) is 0 Å². The summed E-state index contributed by atoms with van der Waals surface area (Å²) in [7, 11) is 0. The van der Waals surface area contributed by atoms with Crippen molar-refractivity contribution in [2.75, 3.05) is 41.4 Å². The smallest absolute Gasteiger partial charge is 0.329 e. The van der Waals surface area contributed by atoms with Crippen LogP contribution in [0.25, 0.3) is 0 Å². The zero-order valence-corrected chi connectivity index (χ0v) is 18.5. The molecule has 2 aromatic rings. The first-order chi connectivity index (χ1) is 15.9. The molecule has 1 saturated heterocycles. The predicted octanol–water partition coefficient (Wildman–Crippen LogP) is 0.968. The maximum Gasteiger partial charge on any atom is 0.329 e. The predicted molar refractivity (Wildman–Crippen MR) is 123 cm³/mol. The van der Waals surface area contributed by atoms with Gasteiger partial charge in [0.15, 0.2) is 5.82 Å². The fourth-order valence-electron chi connectivity index (χ4n) is 4.02. The minimum atomic E-state index is -0.433. The molecule has 0 radical (unpaired) electrons. The molecular weight excluding hydrogens is 426 g/mol. The molecule has 0 spiro atoms. The number of nitrogens with zero attached hydrogens (tertiary/aromatic N) is 4. The standard InChI is InChI=1S/C22H27N7O4/c1-13(2)25-21(32)16-3-4-17-19(26-16)29(15-6-9-28(17)12-15)22(33)27-18-11-14(5-7-23-18)20(31)24-8-10-30/h3-5,7,11,13,15,30H,6,8-10,12H2,1-2H3,(H,24,31)(H,25,32)(H,23,27,33). The Hall–Kier alpha value is -3.73. The Labute approximate surface area is 191 Å². The van der Waals surface area contributed by atoms with Crippen LogP contribution >= 0.6 is 0 Å². The molecule has 33 heavy (non-hydrogen) atoms. The number of carbonyl (C=O) groups excluding carboxylic acids is 3. The highest BCUT2D eigenvalue weighted by atomic mass is 16.3. The minimum absolute atomic E-state index is 0.0393. The maximum atomic E-state index is 13.3. The lowest BCUT2D eigenvalue weighted by Gasteiger charge is -2.35. The molecule has 0 aromatic carbocycles. The first-order valence-corrected chi connectivity index (χ1v) is 10.9. The SMILES string of the molecule is CC(C)NC(=O)c1ccc2c(n1)N(C(=O)Nc1cc(C(=O)NCCO)ccn1)C1CCN2C1. The number of hydrogen-bond acceptors (Lipinski definition) is 7. The molecule has 1 atom stereocenters. The Morgan fingerprint density at radius 3 is 2.79 bits per heavy atom. The monoisotopic (exact) mass is 453 g/mol. The van der Waals surface area contributed by atoms with E-state index in [0.717, 1.165) is 18.7 Å². The van der Waals surface area contributed by atoms with Crippen molar-refractivity contribution in [1.29, 1.82) is 0 Å². The summed E-state index contributed by atoms with van der Waals surface area (Å²) in [6.07, 6.45) is 2.20. The van der Waals surface area contributed by atoms with E-state index < -0.39 is 6.03 Å². The van der Waals surface area contributed by atoms with Crippen LogP contribution in [-0.4, -0.2) is 71.2 Å². The molecule has 4 N–H and O–H groups in total. The summed E-state index contributed by atoms with van der Waals surface area (Å²) in [5.74, 6) is -0.0367. The lowest BCUT2D eigenvalue weighted by atomic mass is 10.1. The van der Waals surface area contributed by atoms with Gasteiger partial charge in [-0.2, -0.15) is 0 Å². The molecule has 174 valence electrons. The van der Waals surface area contributed by atoms with Crippen molar-refractivity contribution in [3.63, 3.8) is 0 Å². The molecule has 2 aliphatic rings. The van der Waals surface area contributed by atoms with E-state index in [1.54, 1.807) is 11.0 Å². The number of aliphatic hydroxyl groups is 1. The van der Waals surface area contributed by atoms with Crippen molar-refractivity contribution < 1.29 is 19.5 Å². The number of amides is 4. The van der Waals surface area contributed by atoms with Gasteiger partial charge >= 0.3 is 6.03 Å². The summed E-state index contributed by atoms with van der Waals surface area (Å²) in [6.45, 7) is 5.16. The van der Waals surface area contributed by atoms with Gasteiger partial charge in [0, 0.05) is 37.4 Å². The molecule has 0 aliphatic carbocycles. The molecule has 0 saturated carbocycles. The van der Waals surface area contributed by atoms with Gasteiger partial charge in [-0.15, -0.1) is 0 Å². The van der Waals surface area contributed by atoms with E-state index in [1.165, 1.54) is 18.3 Å². The molecule has 2 bridgehead atoms. The van der Waals surface area contributed by atoms with E-state index >= 15 is 0 Å². The number of hydrogen-bond donors (Lipinski definition) is 4. The number of carbonyl (C=O) groups is 3. The lowest BCUT2D eigenvalue weighted by molar-refractivity contribution is 0.0933. The number of aliphatic hydroxyl groups excluding tert-OH is 1. The third-order valence-electron chi connectivity index (χ3n) is 5.48. The summed E-state index contributed by atoms with van der Waals surface area (Å²) >= 11 is 0. The van der Waals surface area contributed by atoms with E-state index in [4.69, 9.17) is 5.11 Å². The summed E-state index contributed by atoms with van der Waals surface area (Å²) in [4.78, 5) is 50.4. The van der Waals surface area contributed by atoms with Crippen LogP contribution in [0.5, 0.6) is 0 Å². The highest BCUT2D eigenvalue weighted by Gasteiger charge is 2.40. The highest BCUT2D eigenvalue weighted by Crippen LogP contribution is 2.39. The van der Waals surface area contributed by atoms with Gasteiger partial charge in [0.2, 0.25) is 0 Å². The fourth-order valence-corrected chi connectivity index (χ4v) is 4.02. The molecule has 1 fully saturated rings. The van der Waals surface area contributed by atoms with E-state index in [2.05, 4.69) is 30.8 Å². The summed E-state index contributed by atoms with van der Waals surface area (Å²) < 4.78 is 0. The van der Waals surface area contributed by atoms with Crippen LogP contribution in [0.15, 0.2) is 30.5 Å². The third-order valence-corrected chi connectivity index (χ3v) is 5.48. The number of fused-ring (bicyclic) bond motifs is 4. The lowest BCUT2D eigenvalue weighted by Crippen LogP contribution is -2.48. The molecular formula is C22H27N7O4. The second kappa shape index (κ2) is 9.41. The molecule has 2 aliphatic heterocycles. The van der Waals surface area contributed by atoms with Gasteiger partial charge in [-0.1, -0.05) is 0 Å². The summed E-state index contributed by atoms with van der Waals surface area (Å²) in [5.41, 5.74) is 1.35. The zero-order valence-electron chi connectivity index (χ0n) is 18.5. The number of urea groups is 1. The van der Waals surface area contributed by atoms with Crippen LogP contribution in [-0.2, 0) is 0 Å². The van der Waals surface area contributed by atoms with Crippen LogP contribution in [0.2, 0.25) is 0 Å². The fraction of sp³-hybridized carbons (Fsp3) is 0.409. The van der Waals surface area contributed by atoms with Gasteiger partial charge in [-0.25, -0.2) is 14.8 Å². The van der Waals surface area contributed by atoms with Gasteiger partial charge in [-0.3, -0.25) is 19.8 Å². The van der Waals surface area contributed by atoms with E-state index in [0.29, 0.717) is 17.9 Å². The van der Waals surface area contributed by atoms with Gasteiger partial charge in [0.1, 0.15) is 11.5 Å². The number of rotatable bonds is 6. The minimum Gasteiger partial charge on any atom is -0.395 e. The summed E-state index contributed by atoms with van der Waals surface area (Å²) in [6, 6.07) is 5.92. The molecule has 4 heterocycles. The van der Waals surface area contributed by atoms with Gasteiger partial charge in [0.25, 0.3) is 11.8 Å². The Kier molecular flexibility index (Phi) is 6.40. The van der Waals surface area contributed by atoms with Crippen molar-refractivity contribution in [2.24, 2.45) is 0 Å². The average Bonchev–Trinajstić information content (AvgIpc) is 3.21. The Bertz CT molecular complexity index is 1070. The number of aromatic nitrogens is 2. The van der Waals surface area contributed by atoms with Gasteiger partial charge < -0.3 is 20.6 Å². The maximum absolute atomic E-state index is 13.3. The second-order valence-corrected chi connectivity index (χ2v) is 8.27. The Morgan fingerprint density at radius 2 is 2.03 bits per heavy atom.